The minimum Gasteiger partial charge on any atom is -0.479 e. The fourth-order valence-corrected chi connectivity index (χ4v) is 1.59. The molecule has 0 aromatic rings. The van der Waals surface area contributed by atoms with Crippen molar-refractivity contribution in [1.82, 2.24) is 4.90 Å². The number of aliphatic carboxylic acids is 1. The number of ether oxygens (including phenoxy) is 1. The second-order valence-electron chi connectivity index (χ2n) is 3.84. The molecule has 1 rings (SSSR count). The quantitative estimate of drug-likeness (QED) is 0.803. The Bertz CT molecular complexity index is 318. The Balaban J connectivity index is 2.52. The van der Waals surface area contributed by atoms with Gasteiger partial charge in [-0.2, -0.15) is 13.2 Å². The molecule has 0 unspecified atom stereocenters. The monoisotopic (exact) mass is 255 g/mol. The van der Waals surface area contributed by atoms with Gasteiger partial charge in [-0.25, -0.2) is 4.79 Å². The molecule has 1 saturated heterocycles. The van der Waals surface area contributed by atoms with Crippen molar-refractivity contribution >= 4 is 11.9 Å². The van der Waals surface area contributed by atoms with Gasteiger partial charge in [0.2, 0.25) is 0 Å². The Hall–Kier alpha value is -1.31. The molecule has 1 aliphatic rings. The van der Waals surface area contributed by atoms with E-state index in [0.29, 0.717) is 4.90 Å². The zero-order chi connectivity index (χ0) is 13.2. The number of hydrogen-bond acceptors (Lipinski definition) is 3. The van der Waals surface area contributed by atoms with Crippen LogP contribution in [0.3, 0.4) is 0 Å². The number of rotatable bonds is 3. The molecule has 5 nitrogen and oxygen atoms in total. The molecule has 98 valence electrons. The second kappa shape index (κ2) is 4.91. The molecule has 0 bridgehead atoms. The lowest BCUT2D eigenvalue weighted by molar-refractivity contribution is -0.167. The molecule has 1 aliphatic heterocycles. The van der Waals surface area contributed by atoms with Crippen molar-refractivity contribution in [3.63, 3.8) is 0 Å². The van der Waals surface area contributed by atoms with Gasteiger partial charge < -0.3 is 14.7 Å². The fourth-order valence-electron chi connectivity index (χ4n) is 1.59. The molecular weight excluding hydrogens is 243 g/mol. The van der Waals surface area contributed by atoms with Gasteiger partial charge in [-0.05, 0) is 12.8 Å². The summed E-state index contributed by atoms with van der Waals surface area (Å²) in [5, 5.41) is 8.61. The molecule has 1 heterocycles. The number of nitrogens with zero attached hydrogens (tertiary/aromatic N) is 1. The lowest BCUT2D eigenvalue weighted by Crippen LogP contribution is -2.42. The number of carboxylic acids is 1. The predicted molar refractivity (Wildman–Crippen MR) is 49.2 cm³/mol. The molecule has 0 aliphatic carbocycles. The molecule has 1 N–H and O–H groups in total. The van der Waals surface area contributed by atoms with Crippen LogP contribution in [0.1, 0.15) is 12.8 Å². The topological polar surface area (TPSA) is 66.8 Å². The lowest BCUT2D eigenvalue weighted by atomic mass is 10.2. The minimum absolute atomic E-state index is 0.123. The van der Waals surface area contributed by atoms with Crippen LogP contribution in [0.5, 0.6) is 0 Å². The van der Waals surface area contributed by atoms with Crippen molar-refractivity contribution in [2.24, 2.45) is 0 Å². The van der Waals surface area contributed by atoms with Gasteiger partial charge in [0, 0.05) is 7.05 Å². The third-order valence-corrected chi connectivity index (χ3v) is 2.36. The summed E-state index contributed by atoms with van der Waals surface area (Å²) in [5.74, 6) is -2.05. The highest BCUT2D eigenvalue weighted by Crippen LogP contribution is 2.23. The highest BCUT2D eigenvalue weighted by molar-refractivity contribution is 5.82. The van der Waals surface area contributed by atoms with Crippen LogP contribution in [-0.2, 0) is 14.3 Å². The molecule has 0 spiro atoms. The van der Waals surface area contributed by atoms with E-state index in [-0.39, 0.29) is 12.8 Å². The molecule has 0 radical (unpaired) electrons. The highest BCUT2D eigenvalue weighted by Gasteiger charge is 2.39. The van der Waals surface area contributed by atoms with Crippen molar-refractivity contribution in [2.45, 2.75) is 31.2 Å². The van der Waals surface area contributed by atoms with E-state index in [9.17, 15) is 22.8 Å². The number of likely N-dealkylation sites (N-methyl/N-ethyl adjacent to an activating group) is 1. The average molecular weight is 255 g/mol. The number of carbonyl (C=O) groups excluding carboxylic acids is 1. The van der Waals surface area contributed by atoms with Gasteiger partial charge in [0.15, 0.2) is 6.10 Å². The first-order valence-corrected chi connectivity index (χ1v) is 4.90. The maximum absolute atomic E-state index is 12.0. The van der Waals surface area contributed by atoms with Gasteiger partial charge >= 0.3 is 12.1 Å². The summed E-state index contributed by atoms with van der Waals surface area (Å²) in [6.45, 7) is -1.37. The van der Waals surface area contributed by atoms with E-state index in [2.05, 4.69) is 0 Å². The van der Waals surface area contributed by atoms with Gasteiger partial charge in [-0.1, -0.05) is 0 Å². The third-order valence-electron chi connectivity index (χ3n) is 2.36. The maximum atomic E-state index is 12.0. The zero-order valence-corrected chi connectivity index (χ0v) is 9.03. The van der Waals surface area contributed by atoms with E-state index in [1.54, 1.807) is 0 Å². The zero-order valence-electron chi connectivity index (χ0n) is 9.03. The second-order valence-corrected chi connectivity index (χ2v) is 3.84. The van der Waals surface area contributed by atoms with Crippen LogP contribution in [0.2, 0.25) is 0 Å². The van der Waals surface area contributed by atoms with Crippen LogP contribution < -0.4 is 0 Å². The number of hydrogen-bond donors (Lipinski definition) is 1. The Morgan fingerprint density at radius 2 is 1.88 bits per heavy atom. The summed E-state index contributed by atoms with van der Waals surface area (Å²) in [7, 11) is 1.01. The Morgan fingerprint density at radius 3 is 2.29 bits per heavy atom. The standard InChI is InChI=1S/C9H12F3NO4/c1-13(4-9(10,11)12)7(14)5-2-3-6(17-5)8(15)16/h5-6H,2-4H2,1H3,(H,15,16)/t5-,6+/m0/s1. The number of carboxylic acid groups (broad SMARTS) is 1. The first-order valence-electron chi connectivity index (χ1n) is 4.90. The summed E-state index contributed by atoms with van der Waals surface area (Å²) >= 11 is 0. The Labute approximate surface area is 95.1 Å². The molecule has 17 heavy (non-hydrogen) atoms. The molecule has 0 aromatic carbocycles. The third kappa shape index (κ3) is 3.88. The van der Waals surface area contributed by atoms with Crippen molar-refractivity contribution in [3.8, 4) is 0 Å². The molecule has 1 amide bonds. The fraction of sp³-hybridized carbons (Fsp3) is 0.778. The summed E-state index contributed by atoms with van der Waals surface area (Å²) in [6, 6.07) is 0. The van der Waals surface area contributed by atoms with Gasteiger partial charge in [0.05, 0.1) is 0 Å². The van der Waals surface area contributed by atoms with E-state index in [1.807, 2.05) is 0 Å². The molecular formula is C9H12F3NO4. The van der Waals surface area contributed by atoms with E-state index >= 15 is 0 Å². The molecule has 8 heteroatoms. The molecule has 0 saturated carbocycles. The normalized spacial score (nSPS) is 24.7. The molecule has 1 fully saturated rings. The number of alkyl halides is 3. The van der Waals surface area contributed by atoms with Crippen LogP contribution >= 0.6 is 0 Å². The average Bonchev–Trinajstić information content (AvgIpc) is 2.62. The van der Waals surface area contributed by atoms with E-state index < -0.39 is 36.8 Å². The van der Waals surface area contributed by atoms with Crippen molar-refractivity contribution in [2.75, 3.05) is 13.6 Å². The van der Waals surface area contributed by atoms with Gasteiger partial charge in [0.1, 0.15) is 12.6 Å². The summed E-state index contributed by atoms with van der Waals surface area (Å²) in [5.41, 5.74) is 0. The van der Waals surface area contributed by atoms with Crippen LogP contribution in [0, 0.1) is 0 Å². The van der Waals surface area contributed by atoms with Crippen LogP contribution in [0.25, 0.3) is 0 Å². The summed E-state index contributed by atoms with van der Waals surface area (Å²) in [4.78, 5) is 22.5. The smallest absolute Gasteiger partial charge is 0.406 e. The molecule has 2 atom stereocenters. The van der Waals surface area contributed by atoms with E-state index in [0.717, 1.165) is 7.05 Å². The van der Waals surface area contributed by atoms with Crippen molar-refractivity contribution < 1.29 is 32.6 Å². The van der Waals surface area contributed by atoms with Gasteiger partial charge in [-0.3, -0.25) is 4.79 Å². The Morgan fingerprint density at radius 1 is 1.35 bits per heavy atom. The van der Waals surface area contributed by atoms with E-state index in [4.69, 9.17) is 9.84 Å². The van der Waals surface area contributed by atoms with Crippen LogP contribution in [0.15, 0.2) is 0 Å². The van der Waals surface area contributed by atoms with Gasteiger partial charge in [0.25, 0.3) is 5.91 Å². The van der Waals surface area contributed by atoms with E-state index in [1.165, 1.54) is 0 Å². The highest BCUT2D eigenvalue weighted by atomic mass is 19.4. The number of carbonyl (C=O) groups is 2. The largest absolute Gasteiger partial charge is 0.479 e. The first-order chi connectivity index (χ1) is 7.70. The Kier molecular flexibility index (Phi) is 3.97. The summed E-state index contributed by atoms with van der Waals surface area (Å²) < 4.78 is 41.0. The van der Waals surface area contributed by atoms with Crippen LogP contribution in [-0.4, -0.2) is 53.9 Å². The maximum Gasteiger partial charge on any atom is 0.406 e. The first kappa shape index (κ1) is 13.8. The minimum atomic E-state index is -4.48. The number of amides is 1. The predicted octanol–water partition coefficient (Wildman–Crippen LogP) is 0.639. The van der Waals surface area contributed by atoms with Crippen molar-refractivity contribution in [3.05, 3.63) is 0 Å². The van der Waals surface area contributed by atoms with Crippen molar-refractivity contribution in [1.29, 1.82) is 0 Å². The van der Waals surface area contributed by atoms with Gasteiger partial charge in [-0.15, -0.1) is 0 Å². The molecule has 0 aromatic heterocycles. The lowest BCUT2D eigenvalue weighted by Gasteiger charge is -2.22. The summed E-state index contributed by atoms with van der Waals surface area (Å²) in [6.07, 6.45) is -6.43. The SMILES string of the molecule is CN(CC(F)(F)F)C(=O)[C@@H]1CC[C@H](C(=O)O)O1. The number of halogens is 3. The van der Waals surface area contributed by atoms with Crippen LogP contribution in [0.4, 0.5) is 13.2 Å².